The van der Waals surface area contributed by atoms with Crippen LogP contribution >= 0.6 is 50.9 Å². The number of carbonyl (C=O) groups excluding carboxylic acids is 2. The van der Waals surface area contributed by atoms with E-state index in [1.165, 1.54) is 0 Å². The summed E-state index contributed by atoms with van der Waals surface area (Å²) in [5.74, 6) is 0.225. The molecule has 1 aliphatic rings. The van der Waals surface area contributed by atoms with Crippen LogP contribution in [0.4, 0.5) is 4.79 Å². The van der Waals surface area contributed by atoms with Gasteiger partial charge in [0, 0.05) is 0 Å². The maximum Gasteiger partial charge on any atom is 0.293 e. The van der Waals surface area contributed by atoms with Crippen molar-refractivity contribution in [1.82, 2.24) is 4.90 Å². The molecule has 1 aliphatic heterocycles. The lowest BCUT2D eigenvalue weighted by molar-refractivity contribution is -0.123. The fraction of sp³-hybridized carbons (Fsp3) is 0.0800. The van der Waals surface area contributed by atoms with Crippen molar-refractivity contribution in [1.29, 1.82) is 5.26 Å². The molecule has 5 nitrogen and oxygen atoms in total. The van der Waals surface area contributed by atoms with Gasteiger partial charge in [-0.2, -0.15) is 5.26 Å². The molecule has 4 rings (SSSR count). The van der Waals surface area contributed by atoms with E-state index in [9.17, 15) is 14.9 Å². The van der Waals surface area contributed by atoms with Crippen molar-refractivity contribution >= 4 is 68.1 Å². The average molecular weight is 574 g/mol. The first-order valence-electron chi connectivity index (χ1n) is 9.95. The Hall–Kier alpha value is -2.76. The van der Waals surface area contributed by atoms with Crippen LogP contribution in [0.15, 0.2) is 70.0 Å². The lowest BCUT2D eigenvalue weighted by atomic mass is 10.1. The molecule has 3 aromatic rings. The van der Waals surface area contributed by atoms with E-state index in [0.717, 1.165) is 27.8 Å². The van der Waals surface area contributed by atoms with Crippen molar-refractivity contribution in [2.45, 2.75) is 13.2 Å². The summed E-state index contributed by atoms with van der Waals surface area (Å²) in [7, 11) is 0. The van der Waals surface area contributed by atoms with E-state index in [0.29, 0.717) is 42.9 Å². The monoisotopic (exact) mass is 572 g/mol. The molecule has 0 N–H and O–H groups in total. The molecular formula is C25H15BrCl2N2O3S. The summed E-state index contributed by atoms with van der Waals surface area (Å²) in [5, 5.41) is 9.84. The molecule has 0 saturated carbocycles. The van der Waals surface area contributed by atoms with Gasteiger partial charge in [0.25, 0.3) is 11.1 Å². The van der Waals surface area contributed by atoms with Crippen molar-refractivity contribution in [2.75, 3.05) is 0 Å². The second kappa shape index (κ2) is 10.7. The summed E-state index contributed by atoms with van der Waals surface area (Å²) in [6.45, 7) is 0.356. The summed E-state index contributed by atoms with van der Waals surface area (Å²) in [4.78, 5) is 26.8. The lowest BCUT2D eigenvalue weighted by Crippen LogP contribution is -2.27. The molecule has 1 saturated heterocycles. The summed E-state index contributed by atoms with van der Waals surface area (Å²) in [5.41, 5.74) is 2.67. The Morgan fingerprint density at radius 1 is 1.06 bits per heavy atom. The predicted octanol–water partition coefficient (Wildman–Crippen LogP) is 7.44. The zero-order valence-corrected chi connectivity index (χ0v) is 21.3. The molecule has 0 spiro atoms. The van der Waals surface area contributed by atoms with Crippen LogP contribution < -0.4 is 4.74 Å². The number of thioether (sulfide) groups is 1. The minimum atomic E-state index is -0.390. The molecule has 0 atom stereocenters. The summed E-state index contributed by atoms with van der Waals surface area (Å²) < 4.78 is 6.55. The number of carbonyl (C=O) groups is 2. The molecule has 3 aromatic carbocycles. The number of halogens is 3. The third-order valence-electron chi connectivity index (χ3n) is 4.97. The molecule has 9 heteroatoms. The molecule has 0 radical (unpaired) electrons. The lowest BCUT2D eigenvalue weighted by Gasteiger charge is -2.13. The standard InChI is InChI=1S/C25H15BrCl2N2O3S/c26-19-9-15(6-8-22(19)33-14-16-5-7-20(27)21(28)10-16)11-23-24(31)30(25(32)34-23)13-18-4-2-1-3-17(18)12-29/h1-11H,13-14H2/b23-11+. The average Bonchev–Trinajstić information content (AvgIpc) is 3.08. The van der Waals surface area contributed by atoms with Crippen molar-refractivity contribution < 1.29 is 14.3 Å². The van der Waals surface area contributed by atoms with Gasteiger partial charge in [-0.15, -0.1) is 0 Å². The molecule has 2 amide bonds. The van der Waals surface area contributed by atoms with Crippen LogP contribution in [0.3, 0.4) is 0 Å². The first kappa shape index (κ1) is 24.4. The number of benzene rings is 3. The third kappa shape index (κ3) is 5.48. The smallest absolute Gasteiger partial charge is 0.293 e. The molecule has 0 aromatic heterocycles. The van der Waals surface area contributed by atoms with Crippen LogP contribution in [0.1, 0.15) is 22.3 Å². The van der Waals surface area contributed by atoms with Gasteiger partial charge in [-0.05, 0) is 80.8 Å². The van der Waals surface area contributed by atoms with Crippen LogP contribution in [0.2, 0.25) is 10.0 Å². The van der Waals surface area contributed by atoms with Crippen LogP contribution in [-0.4, -0.2) is 16.0 Å². The molecule has 0 aliphatic carbocycles. The molecule has 0 unspecified atom stereocenters. The largest absolute Gasteiger partial charge is 0.488 e. The minimum Gasteiger partial charge on any atom is -0.488 e. The van der Waals surface area contributed by atoms with E-state index < -0.39 is 0 Å². The normalized spacial score (nSPS) is 14.5. The van der Waals surface area contributed by atoms with Gasteiger partial charge < -0.3 is 4.74 Å². The Morgan fingerprint density at radius 3 is 2.59 bits per heavy atom. The number of hydrogen-bond acceptors (Lipinski definition) is 5. The van der Waals surface area contributed by atoms with Gasteiger partial charge in [0.15, 0.2) is 0 Å². The van der Waals surface area contributed by atoms with E-state index in [1.54, 1.807) is 54.6 Å². The fourth-order valence-electron chi connectivity index (χ4n) is 3.24. The van der Waals surface area contributed by atoms with Crippen LogP contribution in [0, 0.1) is 11.3 Å². The number of amides is 2. The minimum absolute atomic E-state index is 0.0525. The van der Waals surface area contributed by atoms with E-state index in [2.05, 4.69) is 22.0 Å². The zero-order chi connectivity index (χ0) is 24.2. The van der Waals surface area contributed by atoms with E-state index >= 15 is 0 Å². The maximum atomic E-state index is 12.9. The quantitative estimate of drug-likeness (QED) is 0.286. The number of rotatable bonds is 6. The number of ether oxygens (including phenoxy) is 1. The van der Waals surface area contributed by atoms with Crippen molar-refractivity contribution in [2.24, 2.45) is 0 Å². The van der Waals surface area contributed by atoms with Crippen LogP contribution in [0.5, 0.6) is 5.75 Å². The molecule has 34 heavy (non-hydrogen) atoms. The van der Waals surface area contributed by atoms with E-state index in [-0.39, 0.29) is 17.7 Å². The molecule has 1 fully saturated rings. The first-order valence-corrected chi connectivity index (χ1v) is 12.3. The van der Waals surface area contributed by atoms with E-state index in [1.807, 2.05) is 12.1 Å². The Balaban J connectivity index is 1.46. The van der Waals surface area contributed by atoms with Gasteiger partial charge in [0.1, 0.15) is 12.4 Å². The van der Waals surface area contributed by atoms with Gasteiger partial charge in [-0.1, -0.05) is 53.5 Å². The van der Waals surface area contributed by atoms with Gasteiger partial charge in [0.05, 0.1) is 37.6 Å². The Bertz CT molecular complexity index is 1370. The highest BCUT2D eigenvalue weighted by atomic mass is 79.9. The third-order valence-corrected chi connectivity index (χ3v) is 7.24. The molecule has 1 heterocycles. The van der Waals surface area contributed by atoms with Crippen LogP contribution in [-0.2, 0) is 17.9 Å². The predicted molar refractivity (Wildman–Crippen MR) is 138 cm³/mol. The highest BCUT2D eigenvalue weighted by Crippen LogP contribution is 2.35. The highest BCUT2D eigenvalue weighted by Gasteiger charge is 2.35. The molecule has 170 valence electrons. The molecular weight excluding hydrogens is 559 g/mol. The topological polar surface area (TPSA) is 70.4 Å². The highest BCUT2D eigenvalue weighted by molar-refractivity contribution is 9.10. The zero-order valence-electron chi connectivity index (χ0n) is 17.4. The number of nitriles is 1. The fourth-order valence-corrected chi connectivity index (χ4v) is 4.91. The maximum absolute atomic E-state index is 12.9. The second-order valence-electron chi connectivity index (χ2n) is 7.26. The SMILES string of the molecule is N#Cc1ccccc1CN1C(=O)S/C(=C/c2ccc(OCc3ccc(Cl)c(Cl)c3)c(Br)c2)C1=O. The molecule has 0 bridgehead atoms. The first-order chi connectivity index (χ1) is 16.4. The summed E-state index contributed by atoms with van der Waals surface area (Å²) in [6.07, 6.45) is 1.66. The van der Waals surface area contributed by atoms with Gasteiger partial charge in [0.2, 0.25) is 0 Å². The van der Waals surface area contributed by atoms with Crippen molar-refractivity contribution in [3.63, 3.8) is 0 Å². The Labute approximate surface area is 219 Å². The van der Waals surface area contributed by atoms with Gasteiger partial charge in [-0.25, -0.2) is 0 Å². The van der Waals surface area contributed by atoms with Gasteiger partial charge in [-0.3, -0.25) is 14.5 Å². The summed E-state index contributed by atoms with van der Waals surface area (Å²) >= 11 is 16.4. The Morgan fingerprint density at radius 2 is 1.85 bits per heavy atom. The van der Waals surface area contributed by atoms with Crippen molar-refractivity contribution in [3.05, 3.63) is 102 Å². The second-order valence-corrected chi connectivity index (χ2v) is 9.93. The van der Waals surface area contributed by atoms with Gasteiger partial charge >= 0.3 is 0 Å². The van der Waals surface area contributed by atoms with Crippen molar-refractivity contribution in [3.8, 4) is 11.8 Å². The van der Waals surface area contributed by atoms with Crippen LogP contribution in [0.25, 0.3) is 6.08 Å². The number of nitrogens with zero attached hydrogens (tertiary/aromatic N) is 2. The summed E-state index contributed by atoms with van der Waals surface area (Å²) in [6, 6.07) is 19.7. The number of imide groups is 1. The number of hydrogen-bond donors (Lipinski definition) is 0. The van der Waals surface area contributed by atoms with E-state index in [4.69, 9.17) is 27.9 Å². The Kier molecular flexibility index (Phi) is 7.64.